The molecule has 164 valence electrons. The van der Waals surface area contributed by atoms with Gasteiger partial charge in [0.1, 0.15) is 15.8 Å². The lowest BCUT2D eigenvalue weighted by Gasteiger charge is -2.36. The Kier molecular flexibility index (Phi) is 6.21. The largest absolute Gasteiger partial charge is 0.355 e. The van der Waals surface area contributed by atoms with Crippen LogP contribution >= 0.6 is 24.0 Å². The van der Waals surface area contributed by atoms with E-state index in [-0.39, 0.29) is 17.5 Å². The molecule has 4 rings (SSSR count). The average Bonchev–Trinajstić information content (AvgIpc) is 3.01. The molecule has 3 atom stereocenters. The molecule has 2 aliphatic rings. The molecule has 31 heavy (non-hydrogen) atoms. The summed E-state index contributed by atoms with van der Waals surface area (Å²) in [5.74, 6) is 1.55. The lowest BCUT2D eigenvalue weighted by atomic mass is 9.91. The van der Waals surface area contributed by atoms with Gasteiger partial charge in [-0.1, -0.05) is 50.8 Å². The Morgan fingerprint density at radius 2 is 1.97 bits per heavy atom. The van der Waals surface area contributed by atoms with Crippen LogP contribution in [-0.4, -0.2) is 43.6 Å². The van der Waals surface area contributed by atoms with Gasteiger partial charge in [0.05, 0.1) is 10.5 Å². The molecule has 0 bridgehead atoms. The van der Waals surface area contributed by atoms with Crippen molar-refractivity contribution in [2.75, 3.05) is 18.0 Å². The third-order valence-electron chi connectivity index (χ3n) is 6.05. The number of thiocarbonyl (C=S) groups is 1. The normalized spacial score (nSPS) is 24.5. The smallest absolute Gasteiger partial charge is 0.267 e. The molecule has 2 fully saturated rings. The van der Waals surface area contributed by atoms with E-state index < -0.39 is 0 Å². The minimum Gasteiger partial charge on any atom is -0.355 e. The van der Waals surface area contributed by atoms with E-state index in [9.17, 15) is 9.59 Å². The van der Waals surface area contributed by atoms with E-state index in [2.05, 4.69) is 18.7 Å². The lowest BCUT2D eigenvalue weighted by Crippen LogP contribution is -2.40. The van der Waals surface area contributed by atoms with Gasteiger partial charge in [0.15, 0.2) is 0 Å². The fourth-order valence-corrected chi connectivity index (χ4v) is 5.91. The van der Waals surface area contributed by atoms with Crippen LogP contribution < -0.4 is 10.5 Å². The summed E-state index contributed by atoms with van der Waals surface area (Å²) in [6, 6.07) is 5.56. The molecule has 0 aromatic carbocycles. The Hall–Kier alpha value is -2.19. The monoisotopic (exact) mass is 456 g/mol. The molecule has 6 nitrogen and oxygen atoms in total. The summed E-state index contributed by atoms with van der Waals surface area (Å²) < 4.78 is 2.09. The minimum atomic E-state index is -0.166. The summed E-state index contributed by atoms with van der Waals surface area (Å²) in [6.45, 7) is 10.2. The molecule has 0 aliphatic carbocycles. The first-order valence-corrected chi connectivity index (χ1v) is 12.1. The van der Waals surface area contributed by atoms with Crippen molar-refractivity contribution < 1.29 is 4.79 Å². The van der Waals surface area contributed by atoms with Crippen molar-refractivity contribution in [1.82, 2.24) is 14.3 Å². The second-order valence-corrected chi connectivity index (χ2v) is 10.4. The second kappa shape index (κ2) is 8.74. The number of piperidine rings is 1. The standard InChI is InChI=1S/C23H28N4O2S2/c1-5-16(4)27-22(29)18(31-23(27)30)11-17-20(25-12-14(2)10-15(3)13-25)24-19-8-6-7-9-26(19)21(17)28/h6-9,11,14-16H,5,10,12-13H2,1-4H3/b18-11+/t14-,15-,16+/m1/s1. The number of amides is 1. The first kappa shape index (κ1) is 22.0. The highest BCUT2D eigenvalue weighted by atomic mass is 32.2. The van der Waals surface area contributed by atoms with E-state index in [1.807, 2.05) is 32.0 Å². The molecule has 0 unspecified atom stereocenters. The van der Waals surface area contributed by atoms with Crippen molar-refractivity contribution >= 4 is 51.7 Å². The summed E-state index contributed by atoms with van der Waals surface area (Å²) in [4.78, 5) is 35.8. The average molecular weight is 457 g/mol. The van der Waals surface area contributed by atoms with Gasteiger partial charge in [-0.15, -0.1) is 0 Å². The molecule has 0 spiro atoms. The van der Waals surface area contributed by atoms with Crippen LogP contribution in [0.5, 0.6) is 0 Å². The zero-order valence-corrected chi connectivity index (χ0v) is 20.0. The number of nitrogens with zero attached hydrogens (tertiary/aromatic N) is 4. The zero-order valence-electron chi connectivity index (χ0n) is 18.4. The Bertz CT molecular complexity index is 1120. The Morgan fingerprint density at radius 3 is 2.65 bits per heavy atom. The van der Waals surface area contributed by atoms with E-state index in [0.29, 0.717) is 38.1 Å². The number of fused-ring (bicyclic) bond motifs is 1. The number of carbonyl (C=O) groups is 1. The Labute approximate surface area is 192 Å². The van der Waals surface area contributed by atoms with Gasteiger partial charge < -0.3 is 4.90 Å². The van der Waals surface area contributed by atoms with Crippen LogP contribution in [0.15, 0.2) is 34.1 Å². The van der Waals surface area contributed by atoms with E-state index in [1.54, 1.807) is 21.6 Å². The van der Waals surface area contributed by atoms with E-state index in [0.717, 1.165) is 25.9 Å². The zero-order chi connectivity index (χ0) is 22.3. The highest BCUT2D eigenvalue weighted by molar-refractivity contribution is 8.26. The van der Waals surface area contributed by atoms with Gasteiger partial charge in [0, 0.05) is 25.3 Å². The molecular formula is C23H28N4O2S2. The number of hydrogen-bond donors (Lipinski definition) is 0. The molecule has 0 N–H and O–H groups in total. The topological polar surface area (TPSA) is 57.9 Å². The fraction of sp³-hybridized carbons (Fsp3) is 0.478. The first-order valence-electron chi connectivity index (χ1n) is 10.8. The number of pyridine rings is 1. The highest BCUT2D eigenvalue weighted by Gasteiger charge is 2.35. The van der Waals surface area contributed by atoms with Crippen LogP contribution in [0.4, 0.5) is 5.82 Å². The van der Waals surface area contributed by atoms with E-state index >= 15 is 0 Å². The van der Waals surface area contributed by atoms with Crippen molar-refractivity contribution in [2.24, 2.45) is 11.8 Å². The quantitative estimate of drug-likeness (QED) is 0.508. The molecule has 0 saturated carbocycles. The third kappa shape index (κ3) is 4.15. The molecule has 4 heterocycles. The van der Waals surface area contributed by atoms with Gasteiger partial charge in [0.25, 0.3) is 11.5 Å². The molecular weight excluding hydrogens is 428 g/mol. The van der Waals surface area contributed by atoms with Crippen molar-refractivity contribution in [2.45, 2.75) is 46.6 Å². The predicted octanol–water partition coefficient (Wildman–Crippen LogP) is 4.18. The molecule has 2 saturated heterocycles. The number of hydrogen-bond acceptors (Lipinski definition) is 6. The summed E-state index contributed by atoms with van der Waals surface area (Å²) in [5.41, 5.74) is 0.896. The summed E-state index contributed by atoms with van der Waals surface area (Å²) in [7, 11) is 0. The van der Waals surface area contributed by atoms with Gasteiger partial charge >= 0.3 is 0 Å². The predicted molar refractivity (Wildman–Crippen MR) is 131 cm³/mol. The van der Waals surface area contributed by atoms with Crippen LogP contribution in [0.3, 0.4) is 0 Å². The van der Waals surface area contributed by atoms with Crippen LogP contribution in [0.25, 0.3) is 11.7 Å². The van der Waals surface area contributed by atoms with Crippen LogP contribution in [0.1, 0.15) is 46.1 Å². The molecule has 0 radical (unpaired) electrons. The van der Waals surface area contributed by atoms with Crippen molar-refractivity contribution in [3.05, 3.63) is 45.2 Å². The highest BCUT2D eigenvalue weighted by Crippen LogP contribution is 2.36. The number of thioether (sulfide) groups is 1. The molecule has 2 aliphatic heterocycles. The number of carbonyl (C=O) groups excluding carboxylic acids is 1. The van der Waals surface area contributed by atoms with Gasteiger partial charge in [-0.25, -0.2) is 4.98 Å². The summed E-state index contributed by atoms with van der Waals surface area (Å²) in [5, 5.41) is 0. The van der Waals surface area contributed by atoms with Crippen molar-refractivity contribution in [3.63, 3.8) is 0 Å². The lowest BCUT2D eigenvalue weighted by molar-refractivity contribution is -0.123. The molecule has 1 amide bonds. The SMILES string of the molecule is CC[C@H](C)N1C(=O)/C(=C\c2c(N3C[C@H](C)C[C@@H](C)C3)nc3ccccn3c2=O)SC1=S. The summed E-state index contributed by atoms with van der Waals surface area (Å²) >= 11 is 6.74. The van der Waals surface area contributed by atoms with Gasteiger partial charge in [-0.05, 0) is 49.8 Å². The Balaban J connectivity index is 1.86. The van der Waals surface area contributed by atoms with Crippen molar-refractivity contribution in [3.8, 4) is 0 Å². The molecule has 8 heteroatoms. The van der Waals surface area contributed by atoms with Gasteiger partial charge in [-0.3, -0.25) is 18.9 Å². The maximum Gasteiger partial charge on any atom is 0.267 e. The van der Waals surface area contributed by atoms with E-state index in [4.69, 9.17) is 17.2 Å². The number of aromatic nitrogens is 2. The molecule has 2 aromatic heterocycles. The maximum atomic E-state index is 13.5. The second-order valence-electron chi connectivity index (χ2n) is 8.74. The number of rotatable bonds is 4. The first-order chi connectivity index (χ1) is 14.8. The summed E-state index contributed by atoms with van der Waals surface area (Å²) in [6.07, 6.45) is 5.40. The maximum absolute atomic E-state index is 13.5. The fourth-order valence-electron chi connectivity index (χ4n) is 4.47. The van der Waals surface area contributed by atoms with Crippen LogP contribution in [-0.2, 0) is 4.79 Å². The number of anilines is 1. The van der Waals surface area contributed by atoms with Crippen LogP contribution in [0, 0.1) is 11.8 Å². The van der Waals surface area contributed by atoms with Crippen molar-refractivity contribution in [1.29, 1.82) is 0 Å². The molecule has 2 aromatic rings. The third-order valence-corrected chi connectivity index (χ3v) is 7.38. The van der Waals surface area contributed by atoms with E-state index in [1.165, 1.54) is 11.8 Å². The Morgan fingerprint density at radius 1 is 1.26 bits per heavy atom. The van der Waals surface area contributed by atoms with Gasteiger partial charge in [0.2, 0.25) is 0 Å². The van der Waals surface area contributed by atoms with Gasteiger partial charge in [-0.2, -0.15) is 0 Å². The van der Waals surface area contributed by atoms with Crippen LogP contribution in [0.2, 0.25) is 0 Å². The minimum absolute atomic E-state index is 0.0255.